The van der Waals surface area contributed by atoms with Crippen molar-refractivity contribution in [3.8, 4) is 5.75 Å². The second-order valence-corrected chi connectivity index (χ2v) is 6.70. The lowest BCUT2D eigenvalue weighted by Gasteiger charge is -2.53. The molecule has 1 aromatic carbocycles. The van der Waals surface area contributed by atoms with Crippen molar-refractivity contribution in [3.05, 3.63) is 39.8 Å². The average molecular weight is 323 g/mol. The van der Waals surface area contributed by atoms with E-state index in [1.165, 1.54) is 6.20 Å². The number of alkyl halides is 1. The normalized spacial score (nSPS) is 19.9. The molecule has 0 bridgehead atoms. The Hall–Kier alpha value is -1.59. The molecule has 2 aliphatic rings. The molecule has 1 spiro atoms. The van der Waals surface area contributed by atoms with Crippen LogP contribution in [0.2, 0.25) is 5.02 Å². The number of halogens is 2. The maximum Gasteiger partial charge on any atom is 0.262 e. The number of aromatic nitrogens is 1. The molecule has 2 fully saturated rings. The van der Waals surface area contributed by atoms with E-state index in [2.05, 4.69) is 5.32 Å². The molecule has 22 heavy (non-hydrogen) atoms. The number of rotatable bonds is 3. The number of pyridine rings is 1. The highest BCUT2D eigenvalue weighted by Gasteiger charge is 2.49. The number of nitrogens with zero attached hydrogens (tertiary/aromatic N) is 1. The fourth-order valence-electron chi connectivity index (χ4n) is 3.47. The molecule has 1 aromatic heterocycles. The summed E-state index contributed by atoms with van der Waals surface area (Å²) in [6.45, 7) is 1.26. The van der Waals surface area contributed by atoms with Gasteiger partial charge in [0, 0.05) is 30.1 Å². The minimum Gasteiger partial charge on any atom is -0.490 e. The summed E-state index contributed by atoms with van der Waals surface area (Å²) >= 11 is 6.12. The van der Waals surface area contributed by atoms with Gasteiger partial charge >= 0.3 is 0 Å². The van der Waals surface area contributed by atoms with Gasteiger partial charge in [0.2, 0.25) is 0 Å². The van der Waals surface area contributed by atoms with Gasteiger partial charge in [-0.1, -0.05) is 11.6 Å². The molecule has 0 amide bonds. The molecule has 1 N–H and O–H groups in total. The van der Waals surface area contributed by atoms with Gasteiger partial charge in [0.05, 0.1) is 16.5 Å². The zero-order valence-corrected chi connectivity index (χ0v) is 12.7. The molecular weight excluding hydrogens is 307 g/mol. The highest BCUT2D eigenvalue weighted by Crippen LogP contribution is 2.46. The third kappa shape index (κ3) is 2.03. The summed E-state index contributed by atoms with van der Waals surface area (Å²) in [7, 11) is 0. The molecule has 2 aromatic rings. The third-order valence-corrected chi connectivity index (χ3v) is 5.11. The lowest BCUT2D eigenvalue weighted by Crippen LogP contribution is -2.62. The van der Waals surface area contributed by atoms with Crippen molar-refractivity contribution in [2.75, 3.05) is 13.1 Å². The van der Waals surface area contributed by atoms with Crippen molar-refractivity contribution in [3.63, 3.8) is 0 Å². The topological polar surface area (TPSA) is 43.3 Å². The van der Waals surface area contributed by atoms with Crippen LogP contribution in [0.25, 0.3) is 10.8 Å². The third-order valence-electron chi connectivity index (χ3n) is 4.79. The van der Waals surface area contributed by atoms with Crippen LogP contribution in [0.1, 0.15) is 12.8 Å². The minimum absolute atomic E-state index is 0.176. The van der Waals surface area contributed by atoms with E-state index >= 15 is 0 Å². The number of hydrogen-bond donors (Lipinski definition) is 1. The summed E-state index contributed by atoms with van der Waals surface area (Å²) in [4.78, 5) is 12.2. The van der Waals surface area contributed by atoms with Crippen LogP contribution in [0.15, 0.2) is 29.2 Å². The average Bonchev–Trinajstić information content (AvgIpc) is 2.42. The van der Waals surface area contributed by atoms with E-state index in [1.54, 1.807) is 18.2 Å². The molecule has 0 atom stereocenters. The van der Waals surface area contributed by atoms with Crippen LogP contribution in [-0.2, 0) is 6.80 Å². The molecule has 1 saturated carbocycles. The van der Waals surface area contributed by atoms with E-state index in [0.29, 0.717) is 27.0 Å². The first-order valence-electron chi connectivity index (χ1n) is 7.37. The highest BCUT2D eigenvalue weighted by atomic mass is 35.5. The molecule has 116 valence electrons. The van der Waals surface area contributed by atoms with Crippen molar-refractivity contribution in [1.82, 2.24) is 9.88 Å². The Morgan fingerprint density at radius 3 is 2.77 bits per heavy atom. The van der Waals surface area contributed by atoms with E-state index in [9.17, 15) is 9.18 Å². The molecule has 4 nitrogen and oxygen atoms in total. The monoisotopic (exact) mass is 322 g/mol. The highest BCUT2D eigenvalue weighted by molar-refractivity contribution is 6.35. The molecule has 2 heterocycles. The van der Waals surface area contributed by atoms with Gasteiger partial charge < -0.3 is 10.1 Å². The maximum absolute atomic E-state index is 12.8. The van der Waals surface area contributed by atoms with Crippen molar-refractivity contribution in [1.29, 1.82) is 0 Å². The summed E-state index contributed by atoms with van der Waals surface area (Å²) < 4.78 is 19.9. The van der Waals surface area contributed by atoms with Crippen molar-refractivity contribution >= 4 is 22.4 Å². The fraction of sp³-hybridized carbons (Fsp3) is 0.438. The summed E-state index contributed by atoms with van der Waals surface area (Å²) in [5.41, 5.74) is -0.00267. The summed E-state index contributed by atoms with van der Waals surface area (Å²) in [5.74, 6) is 0.648. The fourth-order valence-corrected chi connectivity index (χ4v) is 3.71. The molecule has 1 saturated heterocycles. The molecule has 1 aliphatic heterocycles. The second-order valence-electron chi connectivity index (χ2n) is 6.30. The summed E-state index contributed by atoms with van der Waals surface area (Å²) in [5, 5.41) is 4.58. The number of hydrogen-bond acceptors (Lipinski definition) is 3. The van der Waals surface area contributed by atoms with Gasteiger partial charge in [0.15, 0.2) is 6.80 Å². The first kappa shape index (κ1) is 14.0. The SMILES string of the molecule is O=c1c2c(Cl)ccc(OC3CC4(CNC4)C3)c2ccn1CF. The predicted molar refractivity (Wildman–Crippen MR) is 83.3 cm³/mol. The van der Waals surface area contributed by atoms with E-state index in [-0.39, 0.29) is 6.10 Å². The van der Waals surface area contributed by atoms with Crippen LogP contribution in [0.5, 0.6) is 5.75 Å². The molecule has 0 unspecified atom stereocenters. The van der Waals surface area contributed by atoms with Crippen LogP contribution < -0.4 is 15.6 Å². The van der Waals surface area contributed by atoms with Crippen LogP contribution >= 0.6 is 11.6 Å². The second kappa shape index (κ2) is 4.96. The van der Waals surface area contributed by atoms with E-state index in [1.807, 2.05) is 0 Å². The van der Waals surface area contributed by atoms with Gasteiger partial charge in [-0.15, -0.1) is 0 Å². The van der Waals surface area contributed by atoms with Gasteiger partial charge in [-0.2, -0.15) is 0 Å². The first-order valence-corrected chi connectivity index (χ1v) is 7.75. The van der Waals surface area contributed by atoms with Crippen molar-refractivity contribution < 1.29 is 9.13 Å². The van der Waals surface area contributed by atoms with E-state index in [0.717, 1.165) is 30.5 Å². The quantitative estimate of drug-likeness (QED) is 0.945. The van der Waals surface area contributed by atoms with Gasteiger partial charge in [0.25, 0.3) is 5.56 Å². The van der Waals surface area contributed by atoms with Crippen molar-refractivity contribution in [2.45, 2.75) is 25.7 Å². The Morgan fingerprint density at radius 2 is 2.14 bits per heavy atom. The van der Waals surface area contributed by atoms with Gasteiger partial charge in [-0.05, 0) is 31.0 Å². The number of nitrogens with one attached hydrogen (secondary N) is 1. The van der Waals surface area contributed by atoms with E-state index < -0.39 is 12.4 Å². The Balaban J connectivity index is 1.68. The Labute approximate surface area is 131 Å². The Bertz CT molecular complexity index is 793. The number of fused-ring (bicyclic) bond motifs is 1. The smallest absolute Gasteiger partial charge is 0.262 e. The Morgan fingerprint density at radius 1 is 1.36 bits per heavy atom. The van der Waals surface area contributed by atoms with E-state index in [4.69, 9.17) is 16.3 Å². The van der Waals surface area contributed by atoms with Gasteiger partial charge in [-0.3, -0.25) is 9.36 Å². The molecule has 0 radical (unpaired) electrons. The molecule has 1 aliphatic carbocycles. The number of ether oxygens (including phenoxy) is 1. The molecule has 4 rings (SSSR count). The lowest BCUT2D eigenvalue weighted by molar-refractivity contribution is -0.0489. The van der Waals surface area contributed by atoms with Crippen LogP contribution in [-0.4, -0.2) is 23.8 Å². The molecular formula is C16H16ClFN2O2. The minimum atomic E-state index is -0.867. The maximum atomic E-state index is 12.8. The molecule has 6 heteroatoms. The Kier molecular flexibility index (Phi) is 3.16. The lowest BCUT2D eigenvalue weighted by atomic mass is 9.63. The van der Waals surface area contributed by atoms with Crippen LogP contribution in [0.3, 0.4) is 0 Å². The van der Waals surface area contributed by atoms with Gasteiger partial charge in [0.1, 0.15) is 5.75 Å². The van der Waals surface area contributed by atoms with Gasteiger partial charge in [-0.25, -0.2) is 4.39 Å². The zero-order valence-electron chi connectivity index (χ0n) is 11.9. The number of benzene rings is 1. The summed E-state index contributed by atoms with van der Waals surface area (Å²) in [6, 6.07) is 5.12. The predicted octanol–water partition coefficient (Wildman–Crippen LogP) is 2.71. The van der Waals surface area contributed by atoms with Crippen molar-refractivity contribution in [2.24, 2.45) is 5.41 Å². The standard InChI is InChI=1S/C16H16ClFN2O2/c17-12-1-2-13(22-10-5-16(6-10)7-19-8-16)11-3-4-20(9-18)15(21)14(11)12/h1-4,10,19H,5-9H2. The summed E-state index contributed by atoms with van der Waals surface area (Å²) in [6.07, 6.45) is 3.68. The van der Waals surface area contributed by atoms with Crippen LogP contribution in [0.4, 0.5) is 4.39 Å². The van der Waals surface area contributed by atoms with Crippen LogP contribution in [0, 0.1) is 5.41 Å². The first-order chi connectivity index (χ1) is 10.6. The zero-order chi connectivity index (χ0) is 15.3. The largest absolute Gasteiger partial charge is 0.490 e.